The fraction of sp³-hybridized carbons (Fsp3) is 0.700. The van der Waals surface area contributed by atoms with E-state index in [9.17, 15) is 0 Å². The van der Waals surface area contributed by atoms with Gasteiger partial charge in [-0.05, 0) is 20.0 Å². The van der Waals surface area contributed by atoms with Crippen LogP contribution in [0.25, 0.3) is 0 Å². The summed E-state index contributed by atoms with van der Waals surface area (Å²) >= 11 is 0. The van der Waals surface area contributed by atoms with E-state index in [1.54, 1.807) is 0 Å². The number of hydrogen-bond donors (Lipinski definition) is 0. The van der Waals surface area contributed by atoms with Gasteiger partial charge in [-0.15, -0.1) is 0 Å². The van der Waals surface area contributed by atoms with Crippen LogP contribution in [-0.2, 0) is 7.05 Å². The monoisotopic (exact) mass is 194 g/mol. The number of anilines is 1. The molecule has 0 saturated carbocycles. The van der Waals surface area contributed by atoms with Gasteiger partial charge < -0.3 is 14.4 Å². The third-order valence-electron chi connectivity index (χ3n) is 3.07. The smallest absolute Gasteiger partial charge is 0.128 e. The molecule has 1 saturated heterocycles. The molecule has 1 atom stereocenters. The number of nitrogens with zero attached hydrogens (tertiary/aromatic N) is 4. The molecule has 1 aromatic heterocycles. The Hall–Kier alpha value is -1.03. The van der Waals surface area contributed by atoms with Crippen LogP contribution < -0.4 is 4.90 Å². The lowest BCUT2D eigenvalue weighted by Crippen LogP contribution is -2.34. The van der Waals surface area contributed by atoms with Crippen LogP contribution in [0.5, 0.6) is 0 Å². The quantitative estimate of drug-likeness (QED) is 0.687. The van der Waals surface area contributed by atoms with Gasteiger partial charge in [-0.2, -0.15) is 0 Å². The van der Waals surface area contributed by atoms with Crippen LogP contribution in [0.3, 0.4) is 0 Å². The highest BCUT2D eigenvalue weighted by atomic mass is 15.3. The van der Waals surface area contributed by atoms with Gasteiger partial charge in [0, 0.05) is 26.7 Å². The first-order chi connectivity index (χ1) is 6.68. The Labute approximate surface area is 85.1 Å². The average Bonchev–Trinajstić information content (AvgIpc) is 2.73. The van der Waals surface area contributed by atoms with Gasteiger partial charge in [-0.1, -0.05) is 0 Å². The van der Waals surface area contributed by atoms with Crippen molar-refractivity contribution in [2.75, 3.05) is 32.1 Å². The first kappa shape index (κ1) is 9.52. The molecule has 1 fully saturated rings. The molecule has 14 heavy (non-hydrogen) atoms. The minimum Gasteiger partial charge on any atom is -0.355 e. The normalized spacial score (nSPS) is 22.9. The molecule has 0 N–H and O–H groups in total. The van der Waals surface area contributed by atoms with Crippen molar-refractivity contribution in [1.29, 1.82) is 0 Å². The second-order valence-corrected chi connectivity index (χ2v) is 4.18. The predicted molar refractivity (Wildman–Crippen MR) is 57.5 cm³/mol. The number of likely N-dealkylation sites (tertiary alicyclic amines) is 1. The molecule has 4 heteroatoms. The summed E-state index contributed by atoms with van der Waals surface area (Å²) in [4.78, 5) is 8.84. The van der Waals surface area contributed by atoms with Crippen molar-refractivity contribution < 1.29 is 0 Å². The lowest BCUT2D eigenvalue weighted by atomic mass is 10.2. The highest BCUT2D eigenvalue weighted by molar-refractivity contribution is 5.37. The molecule has 2 heterocycles. The van der Waals surface area contributed by atoms with E-state index < -0.39 is 0 Å². The highest BCUT2D eigenvalue weighted by Crippen LogP contribution is 2.19. The molecule has 4 nitrogen and oxygen atoms in total. The van der Waals surface area contributed by atoms with E-state index in [2.05, 4.69) is 33.4 Å². The van der Waals surface area contributed by atoms with Crippen LogP contribution in [0.1, 0.15) is 6.42 Å². The fourth-order valence-corrected chi connectivity index (χ4v) is 2.11. The van der Waals surface area contributed by atoms with E-state index >= 15 is 0 Å². The third kappa shape index (κ3) is 1.62. The van der Waals surface area contributed by atoms with Gasteiger partial charge in [0.15, 0.2) is 0 Å². The molecule has 0 aliphatic carbocycles. The van der Waals surface area contributed by atoms with Gasteiger partial charge in [-0.25, -0.2) is 4.98 Å². The zero-order valence-electron chi connectivity index (χ0n) is 9.14. The van der Waals surface area contributed by atoms with Gasteiger partial charge in [0.1, 0.15) is 5.82 Å². The van der Waals surface area contributed by atoms with Gasteiger partial charge in [0.25, 0.3) is 0 Å². The Morgan fingerprint density at radius 3 is 2.79 bits per heavy atom. The highest BCUT2D eigenvalue weighted by Gasteiger charge is 2.24. The third-order valence-corrected chi connectivity index (χ3v) is 3.07. The molecule has 0 radical (unpaired) electrons. The Morgan fingerprint density at radius 2 is 2.29 bits per heavy atom. The zero-order valence-corrected chi connectivity index (χ0v) is 9.14. The van der Waals surface area contributed by atoms with Crippen molar-refractivity contribution in [3.8, 4) is 0 Å². The lowest BCUT2D eigenvalue weighted by Gasteiger charge is -2.26. The topological polar surface area (TPSA) is 24.3 Å². The minimum atomic E-state index is 0.635. The summed E-state index contributed by atoms with van der Waals surface area (Å²) in [5.74, 6) is 1.20. The first-order valence-electron chi connectivity index (χ1n) is 5.06. The average molecular weight is 194 g/mol. The molecule has 0 bridgehead atoms. The van der Waals surface area contributed by atoms with Crippen molar-refractivity contribution in [3.05, 3.63) is 12.5 Å². The SMILES string of the molecule is CN1CCC(N(C)c2cncn2C)C1. The second kappa shape index (κ2) is 3.61. The van der Waals surface area contributed by atoms with E-state index in [4.69, 9.17) is 0 Å². The number of aromatic nitrogens is 2. The van der Waals surface area contributed by atoms with Gasteiger partial charge >= 0.3 is 0 Å². The van der Waals surface area contributed by atoms with E-state index in [1.807, 2.05) is 19.6 Å². The Morgan fingerprint density at radius 1 is 1.50 bits per heavy atom. The summed E-state index contributed by atoms with van der Waals surface area (Å²) in [6.07, 6.45) is 5.03. The molecule has 0 amide bonds. The Kier molecular flexibility index (Phi) is 2.46. The molecule has 1 unspecified atom stereocenters. The van der Waals surface area contributed by atoms with Crippen LogP contribution in [-0.4, -0.2) is 47.7 Å². The number of hydrogen-bond acceptors (Lipinski definition) is 3. The van der Waals surface area contributed by atoms with Crippen LogP contribution >= 0.6 is 0 Å². The number of likely N-dealkylation sites (N-methyl/N-ethyl adjacent to an activating group) is 2. The molecule has 0 spiro atoms. The number of aryl methyl sites for hydroxylation is 1. The predicted octanol–water partition coefficient (Wildman–Crippen LogP) is 0.560. The fourth-order valence-electron chi connectivity index (χ4n) is 2.11. The Bertz CT molecular complexity index is 307. The van der Waals surface area contributed by atoms with Crippen molar-refractivity contribution in [1.82, 2.24) is 14.5 Å². The maximum atomic E-state index is 4.14. The molecule has 2 rings (SSSR count). The van der Waals surface area contributed by atoms with Crippen molar-refractivity contribution in [2.24, 2.45) is 7.05 Å². The van der Waals surface area contributed by atoms with Crippen LogP contribution in [0.2, 0.25) is 0 Å². The van der Waals surface area contributed by atoms with Crippen molar-refractivity contribution in [3.63, 3.8) is 0 Å². The summed E-state index contributed by atoms with van der Waals surface area (Å²) in [6.45, 7) is 2.36. The van der Waals surface area contributed by atoms with Crippen molar-refractivity contribution >= 4 is 5.82 Å². The van der Waals surface area contributed by atoms with E-state index in [1.165, 1.54) is 18.8 Å². The molecular formula is C10H18N4. The Balaban J connectivity index is 2.09. The van der Waals surface area contributed by atoms with Gasteiger partial charge in [0.05, 0.1) is 12.5 Å². The molecule has 0 aromatic carbocycles. The lowest BCUT2D eigenvalue weighted by molar-refractivity contribution is 0.409. The van der Waals surface area contributed by atoms with E-state index in [0.717, 1.165) is 6.54 Å². The first-order valence-corrected chi connectivity index (χ1v) is 5.06. The summed E-state index contributed by atoms with van der Waals surface area (Å²) < 4.78 is 2.07. The van der Waals surface area contributed by atoms with E-state index in [0.29, 0.717) is 6.04 Å². The summed E-state index contributed by atoms with van der Waals surface area (Å²) in [5, 5.41) is 0. The summed E-state index contributed by atoms with van der Waals surface area (Å²) in [7, 11) is 6.37. The van der Waals surface area contributed by atoms with Crippen LogP contribution in [0.15, 0.2) is 12.5 Å². The van der Waals surface area contributed by atoms with Gasteiger partial charge in [0.2, 0.25) is 0 Å². The molecule has 1 aliphatic heterocycles. The second-order valence-electron chi connectivity index (χ2n) is 4.18. The molecule has 78 valence electrons. The van der Waals surface area contributed by atoms with Crippen LogP contribution in [0, 0.1) is 0 Å². The number of rotatable bonds is 2. The zero-order chi connectivity index (χ0) is 10.1. The van der Waals surface area contributed by atoms with Gasteiger partial charge in [-0.3, -0.25) is 0 Å². The maximum Gasteiger partial charge on any atom is 0.128 e. The maximum absolute atomic E-state index is 4.14. The molecule has 1 aliphatic rings. The van der Waals surface area contributed by atoms with Crippen molar-refractivity contribution in [2.45, 2.75) is 12.5 Å². The summed E-state index contributed by atoms with van der Waals surface area (Å²) in [6, 6.07) is 0.635. The molecular weight excluding hydrogens is 176 g/mol. The van der Waals surface area contributed by atoms with Crippen LogP contribution in [0.4, 0.5) is 5.82 Å². The standard InChI is InChI=1S/C10H18N4/c1-12-5-4-9(7-12)14(3)10-6-11-8-13(10)2/h6,8-9H,4-5,7H2,1-3H3. The minimum absolute atomic E-state index is 0.635. The largest absolute Gasteiger partial charge is 0.355 e. The summed E-state index contributed by atoms with van der Waals surface area (Å²) in [5.41, 5.74) is 0. The van der Waals surface area contributed by atoms with E-state index in [-0.39, 0.29) is 0 Å². The molecule has 1 aromatic rings. The number of imidazole rings is 1.